The number of hydrogen-bond donors (Lipinski definition) is 3. The van der Waals surface area contributed by atoms with Crippen LogP contribution in [0.15, 0.2) is 60.2 Å². The number of carbonyl (C=O) groups is 1. The molecule has 0 amide bonds. The molecule has 0 bridgehead atoms. The molecule has 0 saturated carbocycles. The highest BCUT2D eigenvalue weighted by atomic mass is 32.2. The topological polar surface area (TPSA) is 41.1 Å². The van der Waals surface area contributed by atoms with Crippen LogP contribution in [0.4, 0.5) is 0 Å². The van der Waals surface area contributed by atoms with Gasteiger partial charge in [0, 0.05) is 28.7 Å². The SMILES string of the molecule is C=C.C=CC.CC.CCCCCc1cc(C)c(C2C=C(C)CCC2)c(CC(C)NCC2=C(C=O)NC(C(C)S)S2)c1. The Morgan fingerprint density at radius 2 is 1.85 bits per heavy atom. The Morgan fingerprint density at radius 3 is 2.41 bits per heavy atom. The maximum Gasteiger partial charge on any atom is 0.166 e. The number of rotatable bonds is 12. The van der Waals surface area contributed by atoms with E-state index in [0.29, 0.717) is 17.7 Å². The summed E-state index contributed by atoms with van der Waals surface area (Å²) in [5.74, 6) is 0.539. The number of aryl methyl sites for hydroxylation is 2. The molecule has 1 aromatic rings. The van der Waals surface area contributed by atoms with Crippen molar-refractivity contribution < 1.29 is 4.79 Å². The fourth-order valence-corrected chi connectivity index (χ4v) is 6.67. The quantitative estimate of drug-likeness (QED) is 0.0966. The Kier molecular flexibility index (Phi) is 21.9. The monoisotopic (exact) mass is 600 g/mol. The zero-order valence-electron chi connectivity index (χ0n) is 27.4. The van der Waals surface area contributed by atoms with E-state index in [9.17, 15) is 4.79 Å². The first-order chi connectivity index (χ1) is 19.7. The van der Waals surface area contributed by atoms with Crippen molar-refractivity contribution in [2.24, 2.45) is 0 Å². The zero-order chi connectivity index (χ0) is 31.4. The lowest BCUT2D eigenvalue weighted by molar-refractivity contribution is -0.105. The molecule has 1 aliphatic carbocycles. The molecular formula is C36H60N2OS2. The predicted molar refractivity (Wildman–Crippen MR) is 190 cm³/mol. The van der Waals surface area contributed by atoms with Gasteiger partial charge in [-0.2, -0.15) is 12.6 Å². The Bertz CT molecular complexity index is 967. The molecule has 0 aromatic heterocycles. The smallest absolute Gasteiger partial charge is 0.166 e. The number of carbonyl (C=O) groups excluding carboxylic acids is 1. The van der Waals surface area contributed by atoms with Crippen molar-refractivity contribution in [3.05, 3.63) is 82.5 Å². The number of hydrogen-bond acceptors (Lipinski definition) is 5. The Morgan fingerprint density at radius 1 is 1.20 bits per heavy atom. The van der Waals surface area contributed by atoms with Gasteiger partial charge in [0.15, 0.2) is 6.29 Å². The molecule has 1 aliphatic heterocycles. The molecule has 232 valence electrons. The number of unbranched alkanes of at least 4 members (excludes halogenated alkanes) is 2. The number of thioether (sulfide) groups is 1. The summed E-state index contributed by atoms with van der Waals surface area (Å²) in [6, 6.07) is 5.27. The Hall–Kier alpha value is -1.69. The summed E-state index contributed by atoms with van der Waals surface area (Å²) in [7, 11) is 0. The van der Waals surface area contributed by atoms with E-state index in [1.54, 1.807) is 23.4 Å². The predicted octanol–water partition coefficient (Wildman–Crippen LogP) is 9.87. The average Bonchev–Trinajstić information content (AvgIpc) is 3.38. The third-order valence-electron chi connectivity index (χ3n) is 7.10. The molecule has 0 fully saturated rings. The van der Waals surface area contributed by atoms with Gasteiger partial charge in [0.25, 0.3) is 0 Å². The normalized spacial score (nSPS) is 19.1. The van der Waals surface area contributed by atoms with Crippen LogP contribution in [0.5, 0.6) is 0 Å². The fourth-order valence-electron chi connectivity index (χ4n) is 5.32. The number of allylic oxidation sites excluding steroid dienone is 4. The van der Waals surface area contributed by atoms with Crippen LogP contribution in [0.3, 0.4) is 0 Å². The summed E-state index contributed by atoms with van der Waals surface area (Å²) < 4.78 is 0. The molecule has 0 saturated heterocycles. The van der Waals surface area contributed by atoms with Gasteiger partial charge in [-0.15, -0.1) is 31.5 Å². The number of thiol groups is 1. The van der Waals surface area contributed by atoms with E-state index in [1.807, 2.05) is 20.8 Å². The lowest BCUT2D eigenvalue weighted by Crippen LogP contribution is -2.30. The first kappa shape index (κ1) is 39.3. The average molecular weight is 601 g/mol. The Labute approximate surface area is 263 Å². The lowest BCUT2D eigenvalue weighted by atomic mass is 9.80. The molecule has 4 atom stereocenters. The van der Waals surface area contributed by atoms with Gasteiger partial charge in [0.2, 0.25) is 0 Å². The molecule has 3 nitrogen and oxygen atoms in total. The van der Waals surface area contributed by atoms with Crippen molar-refractivity contribution >= 4 is 30.7 Å². The molecule has 3 rings (SSSR count). The van der Waals surface area contributed by atoms with Crippen molar-refractivity contribution in [1.29, 1.82) is 0 Å². The first-order valence-electron chi connectivity index (χ1n) is 15.6. The van der Waals surface area contributed by atoms with Gasteiger partial charge in [0.1, 0.15) is 0 Å². The molecule has 2 aliphatic rings. The summed E-state index contributed by atoms with van der Waals surface area (Å²) >= 11 is 6.29. The van der Waals surface area contributed by atoms with Crippen molar-refractivity contribution in [3.63, 3.8) is 0 Å². The molecule has 0 spiro atoms. The summed E-state index contributed by atoms with van der Waals surface area (Å²) in [6.07, 6.45) is 15.0. The molecule has 2 N–H and O–H groups in total. The van der Waals surface area contributed by atoms with E-state index >= 15 is 0 Å². The number of nitrogens with one attached hydrogen (secondary N) is 2. The molecule has 5 heteroatoms. The summed E-state index contributed by atoms with van der Waals surface area (Å²) in [5, 5.41) is 7.36. The molecular weight excluding hydrogens is 541 g/mol. The van der Waals surface area contributed by atoms with Crippen LogP contribution in [-0.2, 0) is 17.6 Å². The summed E-state index contributed by atoms with van der Waals surface area (Å²) in [6.45, 7) is 27.2. The van der Waals surface area contributed by atoms with E-state index in [1.165, 1.54) is 67.2 Å². The van der Waals surface area contributed by atoms with Crippen molar-refractivity contribution in [2.75, 3.05) is 6.54 Å². The zero-order valence-corrected chi connectivity index (χ0v) is 29.2. The van der Waals surface area contributed by atoms with Gasteiger partial charge in [-0.25, -0.2) is 0 Å². The van der Waals surface area contributed by atoms with Gasteiger partial charge in [-0.1, -0.05) is 70.4 Å². The standard InChI is InChI=1S/C29H44N2OS2.C3H6.C2H6.C2H4/c1-6-7-8-11-23-14-20(3)28(24-12-9-10-19(2)13-24)25(16-23)15-21(4)30-17-27-26(18-32)31-29(34-27)22(5)33;1-3-2;2*1-2/h13-14,16,18,21-22,24,29-31,33H,6-12,15,17H2,1-5H3;3H,1H2,2H3;1-2H3;1-2H2. The van der Waals surface area contributed by atoms with Gasteiger partial charge < -0.3 is 10.6 Å². The number of aldehydes is 1. The van der Waals surface area contributed by atoms with Crippen LogP contribution in [0.1, 0.15) is 115 Å². The Balaban J connectivity index is 0.00000210. The highest BCUT2D eigenvalue weighted by Crippen LogP contribution is 2.36. The second kappa shape index (κ2) is 22.9. The number of benzene rings is 1. The molecule has 4 unspecified atom stereocenters. The van der Waals surface area contributed by atoms with E-state index in [2.05, 4.69) is 95.8 Å². The molecule has 1 heterocycles. The van der Waals surface area contributed by atoms with Crippen LogP contribution < -0.4 is 10.6 Å². The maximum atomic E-state index is 11.6. The van der Waals surface area contributed by atoms with Crippen molar-refractivity contribution in [2.45, 2.75) is 129 Å². The second-order valence-electron chi connectivity index (χ2n) is 10.7. The summed E-state index contributed by atoms with van der Waals surface area (Å²) in [5.41, 5.74) is 8.26. The minimum atomic E-state index is 0.158. The van der Waals surface area contributed by atoms with E-state index in [0.717, 1.165) is 24.2 Å². The van der Waals surface area contributed by atoms with Crippen LogP contribution >= 0.6 is 24.4 Å². The second-order valence-corrected chi connectivity index (χ2v) is 12.8. The van der Waals surface area contributed by atoms with Gasteiger partial charge in [-0.05, 0) is 88.5 Å². The lowest BCUT2D eigenvalue weighted by Gasteiger charge is -2.27. The molecule has 41 heavy (non-hydrogen) atoms. The molecule has 1 aromatic carbocycles. The highest BCUT2D eigenvalue weighted by molar-refractivity contribution is 8.04. The molecule has 0 radical (unpaired) electrons. The van der Waals surface area contributed by atoms with Crippen LogP contribution in [0, 0.1) is 6.92 Å². The minimum Gasteiger partial charge on any atom is -0.369 e. The van der Waals surface area contributed by atoms with Gasteiger partial charge in [0.05, 0.1) is 11.1 Å². The minimum absolute atomic E-state index is 0.158. The third-order valence-corrected chi connectivity index (χ3v) is 9.03. The van der Waals surface area contributed by atoms with Crippen LogP contribution in [0.2, 0.25) is 0 Å². The highest BCUT2D eigenvalue weighted by Gasteiger charge is 2.27. The summed E-state index contributed by atoms with van der Waals surface area (Å²) in [4.78, 5) is 12.7. The van der Waals surface area contributed by atoms with E-state index in [4.69, 9.17) is 0 Å². The van der Waals surface area contributed by atoms with Gasteiger partial charge >= 0.3 is 0 Å². The van der Waals surface area contributed by atoms with E-state index in [-0.39, 0.29) is 10.6 Å². The first-order valence-corrected chi connectivity index (χ1v) is 17.0. The fraction of sp³-hybridized carbons (Fsp3) is 0.583. The van der Waals surface area contributed by atoms with Crippen LogP contribution in [0.25, 0.3) is 0 Å². The van der Waals surface area contributed by atoms with Crippen LogP contribution in [-0.4, -0.2) is 29.5 Å². The van der Waals surface area contributed by atoms with Crippen molar-refractivity contribution in [3.8, 4) is 0 Å². The largest absolute Gasteiger partial charge is 0.369 e. The van der Waals surface area contributed by atoms with Gasteiger partial charge in [-0.3, -0.25) is 4.79 Å². The maximum absolute atomic E-state index is 11.6. The van der Waals surface area contributed by atoms with Crippen molar-refractivity contribution in [1.82, 2.24) is 10.6 Å². The third kappa shape index (κ3) is 13.9. The van der Waals surface area contributed by atoms with E-state index < -0.39 is 0 Å².